The first-order chi connectivity index (χ1) is 8.97. The van der Waals surface area contributed by atoms with Crippen LogP contribution in [0.3, 0.4) is 0 Å². The third-order valence-corrected chi connectivity index (χ3v) is 6.12. The maximum Gasteiger partial charge on any atom is 0.260 e. The Morgan fingerprint density at radius 2 is 2.32 bits per heavy atom. The summed E-state index contributed by atoms with van der Waals surface area (Å²) in [6.07, 6.45) is 4.48. The molecule has 2 atom stereocenters. The third-order valence-electron chi connectivity index (χ3n) is 3.45. The number of hydrogen-bond donors (Lipinski definition) is 1. The molecule has 0 spiro atoms. The maximum absolute atomic E-state index is 12.4. The zero-order valence-electron chi connectivity index (χ0n) is 10.3. The molecule has 2 aromatic rings. The van der Waals surface area contributed by atoms with E-state index in [2.05, 4.69) is 16.6 Å². The van der Waals surface area contributed by atoms with Crippen molar-refractivity contribution in [1.82, 2.24) is 14.1 Å². The van der Waals surface area contributed by atoms with E-state index in [1.165, 1.54) is 15.7 Å². The van der Waals surface area contributed by atoms with Gasteiger partial charge in [-0.2, -0.15) is 0 Å². The first-order valence-electron chi connectivity index (χ1n) is 6.11. The van der Waals surface area contributed by atoms with Crippen LogP contribution >= 0.6 is 22.9 Å². The van der Waals surface area contributed by atoms with Gasteiger partial charge in [-0.1, -0.05) is 18.5 Å². The minimum absolute atomic E-state index is 0.000234. The number of imidazole rings is 1. The molecule has 1 aliphatic rings. The van der Waals surface area contributed by atoms with Crippen molar-refractivity contribution < 1.29 is 8.42 Å². The van der Waals surface area contributed by atoms with E-state index in [1.807, 2.05) is 0 Å². The molecule has 2 aromatic heterocycles. The first-order valence-corrected chi connectivity index (χ1v) is 8.85. The summed E-state index contributed by atoms with van der Waals surface area (Å²) in [6, 6.07) is 0.000234. The highest BCUT2D eigenvalue weighted by molar-refractivity contribution is 7.89. The molecule has 5 nitrogen and oxygen atoms in total. The van der Waals surface area contributed by atoms with Gasteiger partial charge >= 0.3 is 0 Å². The van der Waals surface area contributed by atoms with Crippen LogP contribution in [0.2, 0.25) is 5.15 Å². The molecule has 0 bridgehead atoms. The SMILES string of the molecule is CC1CCC(NS(=O)(=O)c2c(Cl)nc3sccn23)C1. The summed E-state index contributed by atoms with van der Waals surface area (Å²) in [5, 5.41) is 1.87. The molecule has 104 valence electrons. The number of sulfonamides is 1. The van der Waals surface area contributed by atoms with Crippen LogP contribution in [0.25, 0.3) is 4.96 Å². The van der Waals surface area contributed by atoms with Crippen molar-refractivity contribution in [3.05, 3.63) is 16.7 Å². The molecule has 8 heteroatoms. The standard InChI is InChI=1S/C11H14ClN3O2S2/c1-7-2-3-8(6-7)14-19(16,17)10-9(12)13-11-15(10)4-5-18-11/h4-5,7-8,14H,2-3,6H2,1H3. The number of nitrogens with zero attached hydrogens (tertiary/aromatic N) is 2. The summed E-state index contributed by atoms with van der Waals surface area (Å²) in [4.78, 5) is 4.64. The number of thiazole rings is 1. The van der Waals surface area contributed by atoms with Gasteiger partial charge in [0.15, 0.2) is 15.1 Å². The number of rotatable bonds is 3. The molecular weight excluding hydrogens is 306 g/mol. The Morgan fingerprint density at radius 3 is 3.00 bits per heavy atom. The van der Waals surface area contributed by atoms with Gasteiger partial charge in [-0.05, 0) is 25.2 Å². The van der Waals surface area contributed by atoms with Gasteiger partial charge in [-0.3, -0.25) is 4.40 Å². The van der Waals surface area contributed by atoms with Crippen molar-refractivity contribution in [2.75, 3.05) is 0 Å². The Labute approximate surface area is 120 Å². The fourth-order valence-corrected chi connectivity index (χ4v) is 5.30. The van der Waals surface area contributed by atoms with Crippen molar-refractivity contribution in [3.8, 4) is 0 Å². The quantitative estimate of drug-likeness (QED) is 0.945. The van der Waals surface area contributed by atoms with E-state index >= 15 is 0 Å². The fraction of sp³-hybridized carbons (Fsp3) is 0.545. The van der Waals surface area contributed by atoms with E-state index in [0.717, 1.165) is 19.3 Å². The maximum atomic E-state index is 12.4. The van der Waals surface area contributed by atoms with Crippen molar-refractivity contribution in [2.45, 2.75) is 37.3 Å². The zero-order chi connectivity index (χ0) is 13.6. The second kappa shape index (κ2) is 4.73. The van der Waals surface area contributed by atoms with Crippen LogP contribution in [0.5, 0.6) is 0 Å². The normalized spacial score (nSPS) is 24.3. The molecule has 0 radical (unpaired) electrons. The van der Waals surface area contributed by atoms with Crippen LogP contribution in [0.1, 0.15) is 26.2 Å². The van der Waals surface area contributed by atoms with E-state index in [1.54, 1.807) is 11.6 Å². The Hall–Kier alpha value is -0.630. The molecule has 2 unspecified atom stereocenters. The van der Waals surface area contributed by atoms with Gasteiger partial charge in [0.1, 0.15) is 0 Å². The Kier molecular flexibility index (Phi) is 3.33. The molecule has 0 amide bonds. The molecule has 3 rings (SSSR count). The molecule has 1 N–H and O–H groups in total. The molecule has 1 fully saturated rings. The Morgan fingerprint density at radius 1 is 1.53 bits per heavy atom. The molecule has 1 saturated carbocycles. The second-order valence-electron chi connectivity index (χ2n) is 5.00. The summed E-state index contributed by atoms with van der Waals surface area (Å²) in [6.45, 7) is 2.14. The zero-order valence-corrected chi connectivity index (χ0v) is 12.7. The van der Waals surface area contributed by atoms with Crippen molar-refractivity contribution >= 4 is 37.9 Å². The molecule has 0 aliphatic heterocycles. The molecule has 0 aromatic carbocycles. The van der Waals surface area contributed by atoms with E-state index in [0.29, 0.717) is 10.9 Å². The largest absolute Gasteiger partial charge is 0.279 e. The number of hydrogen-bond acceptors (Lipinski definition) is 4. The lowest BCUT2D eigenvalue weighted by molar-refractivity contribution is 0.535. The highest BCUT2D eigenvalue weighted by atomic mass is 35.5. The minimum atomic E-state index is -3.63. The van der Waals surface area contributed by atoms with Gasteiger partial charge in [0.05, 0.1) is 0 Å². The van der Waals surface area contributed by atoms with Crippen molar-refractivity contribution in [1.29, 1.82) is 0 Å². The van der Waals surface area contributed by atoms with E-state index < -0.39 is 10.0 Å². The predicted molar refractivity (Wildman–Crippen MR) is 75.2 cm³/mol. The number of halogens is 1. The van der Waals surface area contributed by atoms with Crippen LogP contribution < -0.4 is 4.72 Å². The van der Waals surface area contributed by atoms with E-state index in [9.17, 15) is 8.42 Å². The van der Waals surface area contributed by atoms with Gasteiger partial charge in [0, 0.05) is 17.6 Å². The van der Waals surface area contributed by atoms with Gasteiger partial charge in [-0.25, -0.2) is 18.1 Å². The lowest BCUT2D eigenvalue weighted by Gasteiger charge is -2.12. The minimum Gasteiger partial charge on any atom is -0.279 e. The summed E-state index contributed by atoms with van der Waals surface area (Å²) in [5.41, 5.74) is 0. The van der Waals surface area contributed by atoms with Crippen LogP contribution in [-0.2, 0) is 10.0 Å². The van der Waals surface area contributed by atoms with Crippen LogP contribution in [0.15, 0.2) is 16.6 Å². The average molecular weight is 320 g/mol. The fourth-order valence-electron chi connectivity index (χ4n) is 2.57. The third kappa shape index (κ3) is 2.40. The van der Waals surface area contributed by atoms with Gasteiger partial charge < -0.3 is 0 Å². The molecule has 2 heterocycles. The Bertz CT molecular complexity index is 707. The smallest absolute Gasteiger partial charge is 0.260 e. The molecule has 1 aliphatic carbocycles. The lowest BCUT2D eigenvalue weighted by atomic mass is 10.1. The number of aromatic nitrogens is 2. The summed E-state index contributed by atoms with van der Waals surface area (Å²) in [7, 11) is -3.63. The number of nitrogens with one attached hydrogen (secondary N) is 1. The first kappa shape index (κ1) is 13.4. The molecule has 0 saturated heterocycles. The molecular formula is C11H14ClN3O2S2. The second-order valence-corrected chi connectivity index (χ2v) is 7.86. The summed E-state index contributed by atoms with van der Waals surface area (Å²) >= 11 is 7.32. The molecule has 19 heavy (non-hydrogen) atoms. The average Bonchev–Trinajstić information content (AvgIpc) is 2.93. The van der Waals surface area contributed by atoms with Crippen LogP contribution in [0, 0.1) is 5.92 Å². The van der Waals surface area contributed by atoms with E-state index in [-0.39, 0.29) is 16.2 Å². The van der Waals surface area contributed by atoms with Gasteiger partial charge in [-0.15, -0.1) is 11.3 Å². The topological polar surface area (TPSA) is 63.5 Å². The van der Waals surface area contributed by atoms with Crippen LogP contribution in [0.4, 0.5) is 0 Å². The Balaban J connectivity index is 1.95. The van der Waals surface area contributed by atoms with Gasteiger partial charge in [0.25, 0.3) is 10.0 Å². The van der Waals surface area contributed by atoms with Crippen molar-refractivity contribution in [3.63, 3.8) is 0 Å². The number of fused-ring (bicyclic) bond motifs is 1. The van der Waals surface area contributed by atoms with E-state index in [4.69, 9.17) is 11.6 Å². The summed E-state index contributed by atoms with van der Waals surface area (Å²) in [5.74, 6) is 0.565. The highest BCUT2D eigenvalue weighted by Crippen LogP contribution is 2.29. The predicted octanol–water partition coefficient (Wildman–Crippen LogP) is 2.52. The monoisotopic (exact) mass is 319 g/mol. The van der Waals surface area contributed by atoms with Gasteiger partial charge in [0.2, 0.25) is 0 Å². The highest BCUT2D eigenvalue weighted by Gasteiger charge is 2.30. The van der Waals surface area contributed by atoms with Crippen LogP contribution in [-0.4, -0.2) is 23.8 Å². The lowest BCUT2D eigenvalue weighted by Crippen LogP contribution is -2.33. The van der Waals surface area contributed by atoms with Crippen molar-refractivity contribution in [2.24, 2.45) is 5.92 Å². The summed E-state index contributed by atoms with van der Waals surface area (Å²) < 4.78 is 29.1.